The third-order valence-corrected chi connectivity index (χ3v) is 3.77. The van der Waals surface area contributed by atoms with Crippen LogP contribution < -0.4 is 5.32 Å². The molecule has 2 rings (SSSR count). The number of aryl methyl sites for hydroxylation is 1. The average molecular weight is 233 g/mol. The Labute approximate surface area is 104 Å². The summed E-state index contributed by atoms with van der Waals surface area (Å²) in [4.78, 5) is 0. The van der Waals surface area contributed by atoms with Crippen molar-refractivity contribution in [3.63, 3.8) is 0 Å². The van der Waals surface area contributed by atoms with Crippen LogP contribution in [0.15, 0.2) is 24.3 Å². The van der Waals surface area contributed by atoms with Gasteiger partial charge in [-0.05, 0) is 32.3 Å². The Kier molecular flexibility index (Phi) is 4.19. The molecule has 1 fully saturated rings. The Morgan fingerprint density at radius 2 is 1.82 bits per heavy atom. The highest BCUT2D eigenvalue weighted by molar-refractivity contribution is 5.23. The lowest BCUT2D eigenvalue weighted by atomic mass is 9.91. The van der Waals surface area contributed by atoms with Crippen LogP contribution in [-0.2, 0) is 0 Å². The molecule has 0 saturated heterocycles. The molecule has 94 valence electrons. The first-order chi connectivity index (χ1) is 8.16. The summed E-state index contributed by atoms with van der Waals surface area (Å²) in [5, 5.41) is 13.5. The normalized spacial score (nSPS) is 26.8. The Morgan fingerprint density at radius 1 is 1.18 bits per heavy atom. The monoisotopic (exact) mass is 233 g/mol. The Hall–Kier alpha value is -0.860. The van der Waals surface area contributed by atoms with Gasteiger partial charge in [0.25, 0.3) is 0 Å². The summed E-state index contributed by atoms with van der Waals surface area (Å²) in [7, 11) is 0. The van der Waals surface area contributed by atoms with E-state index in [0.717, 1.165) is 19.3 Å². The summed E-state index contributed by atoms with van der Waals surface area (Å²) in [6, 6.07) is 9.20. The van der Waals surface area contributed by atoms with Crippen LogP contribution in [0, 0.1) is 6.92 Å². The minimum atomic E-state index is -0.170. The molecule has 1 aliphatic carbocycles. The van der Waals surface area contributed by atoms with E-state index in [0.29, 0.717) is 6.04 Å². The van der Waals surface area contributed by atoms with Crippen molar-refractivity contribution in [3.05, 3.63) is 35.4 Å². The largest absolute Gasteiger partial charge is 0.392 e. The molecule has 2 nitrogen and oxygen atoms in total. The fraction of sp³-hybridized carbons (Fsp3) is 0.600. The van der Waals surface area contributed by atoms with E-state index in [4.69, 9.17) is 0 Å². The summed E-state index contributed by atoms with van der Waals surface area (Å²) >= 11 is 0. The van der Waals surface area contributed by atoms with Gasteiger partial charge in [-0.1, -0.05) is 42.7 Å². The van der Waals surface area contributed by atoms with Gasteiger partial charge in [0.1, 0.15) is 0 Å². The van der Waals surface area contributed by atoms with Crippen molar-refractivity contribution >= 4 is 0 Å². The summed E-state index contributed by atoms with van der Waals surface area (Å²) in [5.74, 6) is 0. The molecule has 1 aromatic rings. The number of aliphatic hydroxyl groups excluding tert-OH is 1. The molecule has 2 heteroatoms. The van der Waals surface area contributed by atoms with Crippen LogP contribution in [0.25, 0.3) is 0 Å². The topological polar surface area (TPSA) is 32.3 Å². The van der Waals surface area contributed by atoms with E-state index in [-0.39, 0.29) is 12.1 Å². The van der Waals surface area contributed by atoms with Gasteiger partial charge in [-0.15, -0.1) is 0 Å². The maximum atomic E-state index is 9.95. The van der Waals surface area contributed by atoms with E-state index in [1.54, 1.807) is 0 Å². The van der Waals surface area contributed by atoms with E-state index in [1.165, 1.54) is 17.5 Å². The van der Waals surface area contributed by atoms with E-state index in [2.05, 4.69) is 43.4 Å². The molecule has 0 spiro atoms. The molecule has 0 heterocycles. The molecule has 1 saturated carbocycles. The lowest BCUT2D eigenvalue weighted by molar-refractivity contribution is 0.0860. The molecule has 0 amide bonds. The fourth-order valence-electron chi connectivity index (χ4n) is 2.58. The number of aliphatic hydroxyl groups is 1. The van der Waals surface area contributed by atoms with E-state index in [1.807, 2.05) is 0 Å². The molecule has 0 bridgehead atoms. The maximum absolute atomic E-state index is 9.95. The third-order valence-electron chi connectivity index (χ3n) is 3.77. The van der Waals surface area contributed by atoms with Crippen LogP contribution in [0.5, 0.6) is 0 Å². The van der Waals surface area contributed by atoms with E-state index in [9.17, 15) is 5.11 Å². The number of hydrogen-bond acceptors (Lipinski definition) is 2. The van der Waals surface area contributed by atoms with Gasteiger partial charge in [0.05, 0.1) is 6.10 Å². The Bertz CT molecular complexity index is 346. The SMILES string of the molecule is Cc1ccc(C(C)NC2CCCCC2O)cc1. The maximum Gasteiger partial charge on any atom is 0.0693 e. The average Bonchev–Trinajstić information content (AvgIpc) is 2.33. The predicted octanol–water partition coefficient (Wildman–Crippen LogP) is 2.95. The minimum absolute atomic E-state index is 0.170. The molecule has 1 aromatic carbocycles. The Balaban J connectivity index is 1.95. The molecule has 0 radical (unpaired) electrons. The highest BCUT2D eigenvalue weighted by atomic mass is 16.3. The van der Waals surface area contributed by atoms with Crippen molar-refractivity contribution < 1.29 is 5.11 Å². The van der Waals surface area contributed by atoms with Gasteiger partial charge in [-0.2, -0.15) is 0 Å². The number of nitrogens with one attached hydrogen (secondary N) is 1. The van der Waals surface area contributed by atoms with E-state index >= 15 is 0 Å². The molecule has 0 aromatic heterocycles. The van der Waals surface area contributed by atoms with E-state index < -0.39 is 0 Å². The first-order valence-corrected chi connectivity index (χ1v) is 6.67. The standard InChI is InChI=1S/C15H23NO/c1-11-7-9-13(10-8-11)12(2)16-14-5-3-4-6-15(14)17/h7-10,12,14-17H,3-6H2,1-2H3. The molecule has 0 aliphatic heterocycles. The molecule has 3 unspecified atom stereocenters. The smallest absolute Gasteiger partial charge is 0.0693 e. The first-order valence-electron chi connectivity index (χ1n) is 6.67. The van der Waals surface area contributed by atoms with Crippen molar-refractivity contribution in [1.82, 2.24) is 5.32 Å². The van der Waals surface area contributed by atoms with Crippen LogP contribution in [0.4, 0.5) is 0 Å². The van der Waals surface area contributed by atoms with Crippen molar-refractivity contribution in [3.8, 4) is 0 Å². The van der Waals surface area contributed by atoms with Gasteiger partial charge in [-0.25, -0.2) is 0 Å². The quantitative estimate of drug-likeness (QED) is 0.841. The zero-order valence-corrected chi connectivity index (χ0v) is 10.8. The van der Waals surface area contributed by atoms with Crippen molar-refractivity contribution in [1.29, 1.82) is 0 Å². The first kappa shape index (κ1) is 12.6. The summed E-state index contributed by atoms with van der Waals surface area (Å²) in [5.41, 5.74) is 2.59. The summed E-state index contributed by atoms with van der Waals surface area (Å²) in [6.45, 7) is 4.28. The summed E-state index contributed by atoms with van der Waals surface area (Å²) in [6.07, 6.45) is 4.26. The van der Waals surface area contributed by atoms with Crippen molar-refractivity contribution in [2.24, 2.45) is 0 Å². The van der Waals surface area contributed by atoms with Gasteiger partial charge in [0.15, 0.2) is 0 Å². The molecule has 2 N–H and O–H groups in total. The zero-order valence-electron chi connectivity index (χ0n) is 10.8. The van der Waals surface area contributed by atoms with Gasteiger partial charge in [-0.3, -0.25) is 0 Å². The predicted molar refractivity (Wildman–Crippen MR) is 71.0 cm³/mol. The third kappa shape index (κ3) is 3.30. The van der Waals surface area contributed by atoms with Gasteiger partial charge >= 0.3 is 0 Å². The second-order valence-corrected chi connectivity index (χ2v) is 5.26. The lowest BCUT2D eigenvalue weighted by Gasteiger charge is -2.31. The van der Waals surface area contributed by atoms with Crippen LogP contribution in [0.2, 0.25) is 0 Å². The highest BCUT2D eigenvalue weighted by Gasteiger charge is 2.24. The molecular formula is C15H23NO. The van der Waals surface area contributed by atoms with Gasteiger partial charge in [0, 0.05) is 12.1 Å². The zero-order chi connectivity index (χ0) is 12.3. The van der Waals surface area contributed by atoms with Crippen LogP contribution in [0.3, 0.4) is 0 Å². The lowest BCUT2D eigenvalue weighted by Crippen LogP contribution is -2.43. The molecular weight excluding hydrogens is 210 g/mol. The van der Waals surface area contributed by atoms with Gasteiger partial charge < -0.3 is 10.4 Å². The van der Waals surface area contributed by atoms with Crippen molar-refractivity contribution in [2.45, 2.75) is 57.7 Å². The van der Waals surface area contributed by atoms with Crippen LogP contribution in [0.1, 0.15) is 49.8 Å². The molecule has 1 aliphatic rings. The highest BCUT2D eigenvalue weighted by Crippen LogP contribution is 2.22. The summed E-state index contributed by atoms with van der Waals surface area (Å²) < 4.78 is 0. The number of hydrogen-bond donors (Lipinski definition) is 2. The molecule has 3 atom stereocenters. The van der Waals surface area contributed by atoms with Crippen LogP contribution in [-0.4, -0.2) is 17.3 Å². The second-order valence-electron chi connectivity index (χ2n) is 5.26. The fourth-order valence-corrected chi connectivity index (χ4v) is 2.58. The van der Waals surface area contributed by atoms with Crippen LogP contribution >= 0.6 is 0 Å². The van der Waals surface area contributed by atoms with Gasteiger partial charge in [0.2, 0.25) is 0 Å². The number of benzene rings is 1. The molecule has 17 heavy (non-hydrogen) atoms. The number of rotatable bonds is 3. The van der Waals surface area contributed by atoms with Crippen molar-refractivity contribution in [2.75, 3.05) is 0 Å². The minimum Gasteiger partial charge on any atom is -0.392 e. The Morgan fingerprint density at radius 3 is 2.47 bits per heavy atom. The second kappa shape index (κ2) is 5.65.